The Hall–Kier alpha value is -5.61. The number of hydrogen-bond acceptors (Lipinski definition) is 9. The third kappa shape index (κ3) is 8.74. The van der Waals surface area contributed by atoms with Crippen LogP contribution in [0.3, 0.4) is 0 Å². The van der Waals surface area contributed by atoms with E-state index in [9.17, 15) is 19.6 Å². The molecule has 3 heterocycles. The van der Waals surface area contributed by atoms with Gasteiger partial charge in [0.15, 0.2) is 0 Å². The quantitative estimate of drug-likeness (QED) is 0.217. The van der Waals surface area contributed by atoms with E-state index in [0.29, 0.717) is 47.1 Å². The van der Waals surface area contributed by atoms with Gasteiger partial charge in [0.05, 0.1) is 18.2 Å². The van der Waals surface area contributed by atoms with Crippen LogP contribution in [0.25, 0.3) is 0 Å². The molecular weight excluding hydrogens is 750 g/mol. The lowest BCUT2D eigenvalue weighted by Gasteiger charge is -2.63. The van der Waals surface area contributed by atoms with E-state index in [1.807, 2.05) is 24.3 Å². The van der Waals surface area contributed by atoms with Crippen LogP contribution in [0.4, 0.5) is 15.8 Å². The van der Waals surface area contributed by atoms with Gasteiger partial charge in [0.2, 0.25) is 5.91 Å². The first-order chi connectivity index (χ1) is 28.2. The molecule has 0 bridgehead atoms. The molecule has 12 nitrogen and oxygen atoms in total. The number of methoxy groups -OCH3 is 1. The standard InChI is InChI=1S/C46H56FN7O5/c1-29-7-16-38(42(57)49-29)50-41(56)36-15-13-34(25-37(36)47)54-23-21-52(22-24-54)28-30-17-19-53(20-18-30)33-11-8-31(9-12-33)40(55)51-43-45(2,3)44(46(43,4)5)59-35-14-10-32(27-48)39(26-35)58-6/h8-15,25-26,30,38,43-44H,1,7,16-24,28H2,2-6H3,(H,49,57)(H,50,56)(H,51,55)/t38-,43?,44?/m0/s1. The lowest BCUT2D eigenvalue weighted by Crippen LogP contribution is -2.74. The molecule has 3 amide bonds. The molecule has 3 aromatic rings. The van der Waals surface area contributed by atoms with E-state index in [2.05, 4.69) is 71.0 Å². The van der Waals surface area contributed by atoms with Crippen LogP contribution >= 0.6 is 0 Å². The molecule has 312 valence electrons. The highest BCUT2D eigenvalue weighted by atomic mass is 19.1. The van der Waals surface area contributed by atoms with Crippen molar-refractivity contribution in [2.45, 2.75) is 71.6 Å². The normalized spacial score (nSPS) is 23.0. The Morgan fingerprint density at radius 3 is 2.17 bits per heavy atom. The Labute approximate surface area is 346 Å². The maximum atomic E-state index is 15.1. The van der Waals surface area contributed by atoms with Crippen LogP contribution in [-0.4, -0.2) is 93.7 Å². The zero-order valence-electron chi connectivity index (χ0n) is 34.8. The van der Waals surface area contributed by atoms with Crippen molar-refractivity contribution in [2.75, 3.05) is 62.7 Å². The molecule has 1 atom stereocenters. The summed E-state index contributed by atoms with van der Waals surface area (Å²) in [6.45, 7) is 18.4. The predicted octanol–water partition coefficient (Wildman–Crippen LogP) is 5.88. The van der Waals surface area contributed by atoms with Crippen molar-refractivity contribution in [3.63, 3.8) is 0 Å². The first-order valence-electron chi connectivity index (χ1n) is 20.6. The van der Waals surface area contributed by atoms with Gasteiger partial charge >= 0.3 is 0 Å². The van der Waals surface area contributed by atoms with E-state index >= 15 is 4.39 Å². The number of nitrogens with zero attached hydrogens (tertiary/aromatic N) is 4. The Kier molecular flexibility index (Phi) is 11.9. The van der Waals surface area contributed by atoms with E-state index in [1.165, 1.54) is 19.2 Å². The van der Waals surface area contributed by atoms with Crippen molar-refractivity contribution < 1.29 is 28.2 Å². The van der Waals surface area contributed by atoms with Gasteiger partial charge in [0.25, 0.3) is 11.8 Å². The molecule has 7 rings (SSSR count). The third-order valence-corrected chi connectivity index (χ3v) is 12.9. The van der Waals surface area contributed by atoms with E-state index in [-0.39, 0.29) is 40.4 Å². The molecule has 0 radical (unpaired) electrons. The fourth-order valence-electron chi connectivity index (χ4n) is 9.77. The summed E-state index contributed by atoms with van der Waals surface area (Å²) in [5.41, 5.74) is 2.79. The Bertz CT molecular complexity index is 2100. The number of benzene rings is 3. The van der Waals surface area contributed by atoms with Crippen LogP contribution in [0.5, 0.6) is 11.5 Å². The van der Waals surface area contributed by atoms with Crippen LogP contribution in [0.15, 0.2) is 72.9 Å². The number of carbonyl (C=O) groups is 3. The number of halogens is 1. The molecule has 0 unspecified atom stereocenters. The van der Waals surface area contributed by atoms with Crippen molar-refractivity contribution >= 4 is 29.1 Å². The molecule has 3 saturated heterocycles. The van der Waals surface area contributed by atoms with Gasteiger partial charge in [-0.15, -0.1) is 0 Å². The van der Waals surface area contributed by atoms with Gasteiger partial charge in [0.1, 0.15) is 35.5 Å². The number of ether oxygens (including phenoxy) is 2. The first-order valence-corrected chi connectivity index (χ1v) is 20.6. The smallest absolute Gasteiger partial charge is 0.254 e. The van der Waals surface area contributed by atoms with Crippen molar-refractivity contribution in [2.24, 2.45) is 16.7 Å². The van der Waals surface area contributed by atoms with Crippen molar-refractivity contribution in [3.8, 4) is 17.6 Å². The number of rotatable bonds is 11. The van der Waals surface area contributed by atoms with Gasteiger partial charge in [-0.2, -0.15) is 5.26 Å². The van der Waals surface area contributed by atoms with Gasteiger partial charge in [-0.05, 0) is 86.2 Å². The summed E-state index contributed by atoms with van der Waals surface area (Å²) < 4.78 is 26.9. The van der Waals surface area contributed by atoms with E-state index in [1.54, 1.807) is 24.3 Å². The summed E-state index contributed by atoms with van der Waals surface area (Å²) >= 11 is 0. The average Bonchev–Trinajstić information content (AvgIpc) is 3.23. The molecule has 1 saturated carbocycles. The molecule has 3 aromatic carbocycles. The molecule has 4 fully saturated rings. The highest BCUT2D eigenvalue weighted by molar-refractivity contribution is 5.98. The summed E-state index contributed by atoms with van der Waals surface area (Å²) in [5, 5.41) is 17.9. The number of nitriles is 1. The van der Waals surface area contributed by atoms with Gasteiger partial charge in [0, 0.05) is 91.4 Å². The number of carbonyl (C=O) groups excluding carboxylic acids is 3. The van der Waals surface area contributed by atoms with Crippen molar-refractivity contribution in [1.29, 1.82) is 5.26 Å². The highest BCUT2D eigenvalue weighted by Crippen LogP contribution is 2.55. The van der Waals surface area contributed by atoms with Gasteiger partial charge in [-0.1, -0.05) is 34.3 Å². The zero-order valence-corrected chi connectivity index (χ0v) is 34.8. The lowest BCUT2D eigenvalue weighted by molar-refractivity contribution is -0.164. The predicted molar refractivity (Wildman–Crippen MR) is 225 cm³/mol. The average molecular weight is 806 g/mol. The number of amides is 3. The summed E-state index contributed by atoms with van der Waals surface area (Å²) in [5.74, 6) is 0.0505. The number of piperazine rings is 1. The molecule has 3 N–H and O–H groups in total. The Balaban J connectivity index is 0.844. The minimum absolute atomic E-state index is 0.0698. The fourth-order valence-corrected chi connectivity index (χ4v) is 9.77. The lowest BCUT2D eigenvalue weighted by atomic mass is 9.49. The number of hydrogen-bond donors (Lipinski definition) is 3. The summed E-state index contributed by atoms with van der Waals surface area (Å²) in [6.07, 6.45) is 3.00. The van der Waals surface area contributed by atoms with Crippen LogP contribution < -0.4 is 35.2 Å². The van der Waals surface area contributed by atoms with Crippen molar-refractivity contribution in [3.05, 3.63) is 95.4 Å². The topological polar surface area (TPSA) is 139 Å². The molecular formula is C46H56FN7O5. The Morgan fingerprint density at radius 2 is 1.54 bits per heavy atom. The fraction of sp³-hybridized carbons (Fsp3) is 0.478. The second kappa shape index (κ2) is 16.9. The number of anilines is 2. The molecule has 3 aliphatic heterocycles. The van der Waals surface area contributed by atoms with Gasteiger partial charge in [-0.3, -0.25) is 19.3 Å². The second-order valence-corrected chi connectivity index (χ2v) is 17.6. The SMILES string of the molecule is C=C1CC[C@H](NC(=O)c2ccc(N3CCN(CC4CCN(c5ccc(C(=O)NC6C(C)(C)C(Oc7ccc(C#N)c(OC)c7)C6(C)C)cc5)CC4)CC3)cc2F)C(=O)N1. The summed E-state index contributed by atoms with van der Waals surface area (Å²) in [4.78, 5) is 45.5. The van der Waals surface area contributed by atoms with E-state index in [4.69, 9.17) is 9.47 Å². The van der Waals surface area contributed by atoms with Crippen LogP contribution in [-0.2, 0) is 4.79 Å². The molecule has 4 aliphatic rings. The van der Waals surface area contributed by atoms with E-state index in [0.717, 1.165) is 70.0 Å². The first kappa shape index (κ1) is 41.5. The van der Waals surface area contributed by atoms with Crippen molar-refractivity contribution in [1.82, 2.24) is 20.9 Å². The molecule has 0 aromatic heterocycles. The molecule has 0 spiro atoms. The minimum Gasteiger partial charge on any atom is -0.495 e. The largest absolute Gasteiger partial charge is 0.495 e. The molecule has 13 heteroatoms. The maximum Gasteiger partial charge on any atom is 0.254 e. The Morgan fingerprint density at radius 1 is 0.881 bits per heavy atom. The highest BCUT2D eigenvalue weighted by Gasteiger charge is 2.64. The van der Waals surface area contributed by atoms with E-state index < -0.39 is 17.8 Å². The number of piperidine rings is 2. The summed E-state index contributed by atoms with van der Waals surface area (Å²) in [6, 6.07) is 19.1. The van der Waals surface area contributed by atoms with Crippen LogP contribution in [0.2, 0.25) is 0 Å². The van der Waals surface area contributed by atoms with Gasteiger partial charge in [-0.25, -0.2) is 4.39 Å². The third-order valence-electron chi connectivity index (χ3n) is 12.9. The zero-order chi connectivity index (χ0) is 42.1. The van der Waals surface area contributed by atoms with Crippen LogP contribution in [0.1, 0.15) is 79.7 Å². The minimum atomic E-state index is -0.704. The second-order valence-electron chi connectivity index (χ2n) is 17.6. The molecule has 59 heavy (non-hydrogen) atoms. The van der Waals surface area contributed by atoms with Crippen LogP contribution in [0, 0.1) is 33.9 Å². The molecule has 1 aliphatic carbocycles. The summed E-state index contributed by atoms with van der Waals surface area (Å²) in [7, 11) is 1.53. The number of allylic oxidation sites excluding steroid dienone is 1. The monoisotopic (exact) mass is 805 g/mol. The number of nitrogens with one attached hydrogen (secondary N) is 3. The maximum absolute atomic E-state index is 15.1. The van der Waals surface area contributed by atoms with Gasteiger partial charge < -0.3 is 35.2 Å².